The van der Waals surface area contributed by atoms with Crippen molar-refractivity contribution in [1.82, 2.24) is 9.88 Å². The number of aromatic nitrogens is 1. The van der Waals surface area contributed by atoms with E-state index >= 15 is 0 Å². The Balaban J connectivity index is 1.64. The monoisotopic (exact) mass is 288 g/mol. The summed E-state index contributed by atoms with van der Waals surface area (Å²) in [7, 11) is 0. The molecule has 2 amide bonds. The Morgan fingerprint density at radius 2 is 2.05 bits per heavy atom. The molecule has 0 aliphatic carbocycles. The van der Waals surface area contributed by atoms with E-state index in [1.54, 1.807) is 18.3 Å². The van der Waals surface area contributed by atoms with Crippen LogP contribution in [0.2, 0.25) is 0 Å². The molecule has 2 saturated heterocycles. The molecule has 2 aliphatic rings. The van der Waals surface area contributed by atoms with Gasteiger partial charge in [0, 0.05) is 43.9 Å². The van der Waals surface area contributed by atoms with Gasteiger partial charge in [-0.2, -0.15) is 0 Å². The predicted octanol–water partition coefficient (Wildman–Crippen LogP) is 0.772. The minimum atomic E-state index is -0.434. The van der Waals surface area contributed by atoms with Crippen LogP contribution in [0.3, 0.4) is 0 Å². The number of hydrogen-bond donors (Lipinski definition) is 1. The fourth-order valence-corrected chi connectivity index (χ4v) is 3.21. The molecule has 0 unspecified atom stereocenters. The summed E-state index contributed by atoms with van der Waals surface area (Å²) in [6.07, 6.45) is 5.21. The van der Waals surface area contributed by atoms with Crippen molar-refractivity contribution < 1.29 is 9.59 Å². The Morgan fingerprint density at radius 3 is 2.67 bits per heavy atom. The van der Waals surface area contributed by atoms with Crippen molar-refractivity contribution in [1.29, 1.82) is 0 Å². The lowest BCUT2D eigenvalue weighted by molar-refractivity contribution is -0.130. The van der Waals surface area contributed by atoms with Gasteiger partial charge in [0.1, 0.15) is 5.82 Å². The van der Waals surface area contributed by atoms with E-state index in [0.717, 1.165) is 44.7 Å². The zero-order valence-electron chi connectivity index (χ0n) is 12.0. The molecule has 2 fully saturated rings. The molecule has 21 heavy (non-hydrogen) atoms. The molecule has 0 atom stereocenters. The minimum Gasteiger partial charge on any atom is -0.366 e. The number of piperidine rings is 1. The van der Waals surface area contributed by atoms with Gasteiger partial charge in [-0.3, -0.25) is 9.59 Å². The lowest BCUT2D eigenvalue weighted by Gasteiger charge is -2.37. The lowest BCUT2D eigenvalue weighted by atomic mass is 10.0. The van der Waals surface area contributed by atoms with Gasteiger partial charge >= 0.3 is 0 Å². The number of carbonyl (C=O) groups excluding carboxylic acids is 2. The third-order valence-electron chi connectivity index (χ3n) is 4.37. The summed E-state index contributed by atoms with van der Waals surface area (Å²) in [6.45, 7) is 2.60. The number of anilines is 1. The summed E-state index contributed by atoms with van der Waals surface area (Å²) in [4.78, 5) is 31.5. The molecular weight excluding hydrogens is 268 g/mol. The van der Waals surface area contributed by atoms with E-state index in [0.29, 0.717) is 23.9 Å². The second kappa shape index (κ2) is 5.71. The second-order valence-electron chi connectivity index (χ2n) is 5.68. The minimum absolute atomic E-state index is 0.294. The highest BCUT2D eigenvalue weighted by molar-refractivity contribution is 5.93. The number of carbonyl (C=O) groups is 2. The van der Waals surface area contributed by atoms with Gasteiger partial charge in [0.05, 0.1) is 0 Å². The van der Waals surface area contributed by atoms with Crippen LogP contribution in [0, 0.1) is 0 Å². The normalized spacial score (nSPS) is 20.1. The largest absolute Gasteiger partial charge is 0.366 e. The van der Waals surface area contributed by atoms with E-state index in [-0.39, 0.29) is 0 Å². The quantitative estimate of drug-likeness (QED) is 0.891. The number of primary amides is 1. The van der Waals surface area contributed by atoms with E-state index in [9.17, 15) is 9.59 Å². The van der Waals surface area contributed by atoms with Crippen LogP contribution in [-0.2, 0) is 4.79 Å². The summed E-state index contributed by atoms with van der Waals surface area (Å²) in [5.74, 6) is 0.649. The van der Waals surface area contributed by atoms with Crippen molar-refractivity contribution in [3.05, 3.63) is 23.9 Å². The van der Waals surface area contributed by atoms with Crippen LogP contribution >= 0.6 is 0 Å². The molecule has 0 bridgehead atoms. The first-order valence-electron chi connectivity index (χ1n) is 7.45. The number of nitrogens with zero attached hydrogens (tertiary/aromatic N) is 3. The number of likely N-dealkylation sites (tertiary alicyclic amines) is 1. The van der Waals surface area contributed by atoms with Gasteiger partial charge in [-0.25, -0.2) is 4.98 Å². The Kier molecular flexibility index (Phi) is 3.77. The van der Waals surface area contributed by atoms with E-state index in [1.165, 1.54) is 0 Å². The first kappa shape index (κ1) is 13.9. The highest BCUT2D eigenvalue weighted by Crippen LogP contribution is 2.24. The molecular formula is C15H20N4O2. The number of hydrogen-bond acceptors (Lipinski definition) is 4. The number of nitrogens with two attached hydrogens (primary N) is 1. The van der Waals surface area contributed by atoms with Crippen molar-refractivity contribution in [2.24, 2.45) is 5.73 Å². The van der Waals surface area contributed by atoms with E-state index < -0.39 is 5.91 Å². The van der Waals surface area contributed by atoms with Crippen molar-refractivity contribution in [3.63, 3.8) is 0 Å². The average molecular weight is 288 g/mol. The molecule has 3 heterocycles. The Labute approximate surface area is 123 Å². The van der Waals surface area contributed by atoms with Gasteiger partial charge in [-0.05, 0) is 31.4 Å². The van der Waals surface area contributed by atoms with Crippen LogP contribution in [0.1, 0.15) is 36.0 Å². The molecule has 0 radical (unpaired) electrons. The van der Waals surface area contributed by atoms with Crippen LogP contribution in [0.25, 0.3) is 0 Å². The van der Waals surface area contributed by atoms with Gasteiger partial charge in [0.15, 0.2) is 0 Å². The fourth-order valence-electron chi connectivity index (χ4n) is 3.21. The van der Waals surface area contributed by atoms with Crippen LogP contribution in [0.5, 0.6) is 0 Å². The highest BCUT2D eigenvalue weighted by atomic mass is 16.2. The predicted molar refractivity (Wildman–Crippen MR) is 78.9 cm³/mol. The van der Waals surface area contributed by atoms with E-state index in [2.05, 4.69) is 9.88 Å². The third kappa shape index (κ3) is 2.84. The SMILES string of the molecule is NC(=O)c1ccnc(N2CCC(N3CCCC3=O)CC2)c1. The Hall–Kier alpha value is -2.11. The van der Waals surface area contributed by atoms with E-state index in [1.807, 2.05) is 4.90 Å². The van der Waals surface area contributed by atoms with Crippen LogP contribution in [0.15, 0.2) is 18.3 Å². The summed E-state index contributed by atoms with van der Waals surface area (Å²) >= 11 is 0. The Morgan fingerprint density at radius 1 is 1.29 bits per heavy atom. The maximum absolute atomic E-state index is 11.8. The van der Waals surface area contributed by atoms with Crippen LogP contribution in [-0.4, -0.2) is 47.4 Å². The molecule has 1 aromatic rings. The smallest absolute Gasteiger partial charge is 0.248 e. The maximum Gasteiger partial charge on any atom is 0.248 e. The molecule has 1 aromatic heterocycles. The molecule has 0 aromatic carbocycles. The first-order valence-corrected chi connectivity index (χ1v) is 7.45. The third-order valence-corrected chi connectivity index (χ3v) is 4.37. The van der Waals surface area contributed by atoms with Crippen molar-refractivity contribution in [2.45, 2.75) is 31.7 Å². The molecule has 2 aliphatic heterocycles. The number of rotatable bonds is 3. The van der Waals surface area contributed by atoms with Crippen LogP contribution in [0.4, 0.5) is 5.82 Å². The molecule has 6 heteroatoms. The van der Waals surface area contributed by atoms with Crippen molar-refractivity contribution >= 4 is 17.6 Å². The van der Waals surface area contributed by atoms with Gasteiger partial charge in [0.2, 0.25) is 11.8 Å². The average Bonchev–Trinajstić information content (AvgIpc) is 2.94. The topological polar surface area (TPSA) is 79.5 Å². The molecule has 0 spiro atoms. The molecule has 6 nitrogen and oxygen atoms in total. The molecule has 3 rings (SSSR count). The summed E-state index contributed by atoms with van der Waals surface area (Å²) in [6, 6.07) is 3.72. The van der Waals surface area contributed by atoms with Gasteiger partial charge in [0.25, 0.3) is 0 Å². The summed E-state index contributed by atoms with van der Waals surface area (Å²) in [5.41, 5.74) is 5.79. The van der Waals surface area contributed by atoms with E-state index in [4.69, 9.17) is 5.73 Å². The molecule has 0 saturated carbocycles. The van der Waals surface area contributed by atoms with Gasteiger partial charge in [-0.15, -0.1) is 0 Å². The van der Waals surface area contributed by atoms with Crippen LogP contribution < -0.4 is 10.6 Å². The number of amides is 2. The standard InChI is InChI=1S/C15H20N4O2/c16-15(21)11-3-6-17-13(10-11)18-8-4-12(5-9-18)19-7-1-2-14(19)20/h3,6,10,12H,1-2,4-5,7-9H2,(H2,16,21). The van der Waals surface area contributed by atoms with Gasteiger partial charge in [-0.1, -0.05) is 0 Å². The first-order chi connectivity index (χ1) is 10.1. The maximum atomic E-state index is 11.8. The lowest BCUT2D eigenvalue weighted by Crippen LogP contribution is -2.45. The second-order valence-corrected chi connectivity index (χ2v) is 5.68. The molecule has 2 N–H and O–H groups in total. The zero-order chi connectivity index (χ0) is 14.8. The Bertz CT molecular complexity index is 552. The fraction of sp³-hybridized carbons (Fsp3) is 0.533. The molecule has 112 valence electrons. The van der Waals surface area contributed by atoms with Crippen molar-refractivity contribution in [2.75, 3.05) is 24.5 Å². The van der Waals surface area contributed by atoms with Gasteiger partial charge < -0.3 is 15.5 Å². The van der Waals surface area contributed by atoms with Crippen molar-refractivity contribution in [3.8, 4) is 0 Å². The highest BCUT2D eigenvalue weighted by Gasteiger charge is 2.30. The summed E-state index contributed by atoms with van der Waals surface area (Å²) < 4.78 is 0. The number of pyridine rings is 1. The zero-order valence-corrected chi connectivity index (χ0v) is 12.0. The summed E-state index contributed by atoms with van der Waals surface area (Å²) in [5, 5.41) is 0.